The van der Waals surface area contributed by atoms with Crippen LogP contribution in [0.2, 0.25) is 0 Å². The fourth-order valence-corrected chi connectivity index (χ4v) is 1.90. The Kier molecular flexibility index (Phi) is 5.38. The largest absolute Gasteiger partial charge is 0.405 e. The lowest BCUT2D eigenvalue weighted by molar-refractivity contribution is -0.138. The van der Waals surface area contributed by atoms with Crippen molar-refractivity contribution in [1.82, 2.24) is 5.32 Å². The van der Waals surface area contributed by atoms with Crippen LogP contribution in [0.5, 0.6) is 0 Å². The van der Waals surface area contributed by atoms with Crippen molar-refractivity contribution >= 4 is 27.5 Å². The summed E-state index contributed by atoms with van der Waals surface area (Å²) in [4.78, 5) is 11.5. The molecule has 1 amide bonds. The van der Waals surface area contributed by atoms with Gasteiger partial charge in [0.15, 0.2) is 0 Å². The van der Waals surface area contributed by atoms with Gasteiger partial charge in [-0.2, -0.15) is 13.2 Å². The van der Waals surface area contributed by atoms with Crippen LogP contribution in [0.1, 0.15) is 12.5 Å². The third kappa shape index (κ3) is 4.99. The van der Waals surface area contributed by atoms with E-state index >= 15 is 0 Å². The molecule has 0 fully saturated rings. The van der Waals surface area contributed by atoms with E-state index in [0.717, 1.165) is 0 Å². The van der Waals surface area contributed by atoms with Crippen molar-refractivity contribution in [2.24, 2.45) is 0 Å². The lowest BCUT2D eigenvalue weighted by Gasteiger charge is -2.18. The molecular formula is C12H13BrF4N2O. The molecule has 0 bridgehead atoms. The quantitative estimate of drug-likeness (QED) is 0.812. The summed E-state index contributed by atoms with van der Waals surface area (Å²) in [7, 11) is 0. The summed E-state index contributed by atoms with van der Waals surface area (Å²) in [5, 5.41) is 4.43. The van der Waals surface area contributed by atoms with Gasteiger partial charge in [-0.1, -0.05) is 0 Å². The van der Waals surface area contributed by atoms with Gasteiger partial charge in [0.05, 0.1) is 4.47 Å². The highest BCUT2D eigenvalue weighted by Crippen LogP contribution is 2.24. The molecule has 8 heteroatoms. The van der Waals surface area contributed by atoms with Gasteiger partial charge in [-0.15, -0.1) is 0 Å². The first-order chi connectivity index (χ1) is 9.10. The lowest BCUT2D eigenvalue weighted by atomic mass is 10.1. The smallest absolute Gasteiger partial charge is 0.374 e. The second-order valence-electron chi connectivity index (χ2n) is 4.28. The van der Waals surface area contributed by atoms with E-state index in [9.17, 15) is 22.4 Å². The van der Waals surface area contributed by atoms with Gasteiger partial charge in [-0.25, -0.2) is 4.39 Å². The van der Waals surface area contributed by atoms with Crippen molar-refractivity contribution in [2.75, 3.05) is 11.9 Å². The Hall–Kier alpha value is -1.31. The van der Waals surface area contributed by atoms with E-state index in [1.54, 1.807) is 12.2 Å². The molecule has 0 saturated heterocycles. The highest BCUT2D eigenvalue weighted by molar-refractivity contribution is 9.10. The monoisotopic (exact) mass is 356 g/mol. The maximum Gasteiger partial charge on any atom is 0.405 e. The predicted octanol–water partition coefficient (Wildman–Crippen LogP) is 3.38. The Morgan fingerprint density at radius 3 is 2.55 bits per heavy atom. The third-order valence-electron chi connectivity index (χ3n) is 2.50. The standard InChI is InChI=1S/C12H13BrF4N2O/c1-6-3-8(13)9(14)4-10(6)19-7(2)11(20)18-5-12(15,16)17/h3-4,7,19H,5H2,1-2H3,(H,18,20). The molecule has 0 aromatic heterocycles. The normalized spacial score (nSPS) is 12.9. The molecule has 1 aromatic carbocycles. The number of nitrogens with one attached hydrogen (secondary N) is 2. The van der Waals surface area contributed by atoms with E-state index in [-0.39, 0.29) is 4.47 Å². The molecule has 1 atom stereocenters. The Morgan fingerprint density at radius 2 is 2.00 bits per heavy atom. The van der Waals surface area contributed by atoms with Gasteiger partial charge < -0.3 is 10.6 Å². The Bertz CT molecular complexity index is 505. The molecular weight excluding hydrogens is 344 g/mol. The molecule has 1 unspecified atom stereocenters. The number of carbonyl (C=O) groups is 1. The number of benzene rings is 1. The van der Waals surface area contributed by atoms with Crippen LogP contribution in [0.4, 0.5) is 23.2 Å². The van der Waals surface area contributed by atoms with Gasteiger partial charge in [-0.05, 0) is 47.5 Å². The molecule has 0 heterocycles. The number of hydrogen-bond donors (Lipinski definition) is 2. The van der Waals surface area contributed by atoms with Gasteiger partial charge in [0, 0.05) is 5.69 Å². The van der Waals surface area contributed by atoms with Gasteiger partial charge in [0.2, 0.25) is 5.91 Å². The summed E-state index contributed by atoms with van der Waals surface area (Å²) in [6, 6.07) is 1.77. The highest BCUT2D eigenvalue weighted by atomic mass is 79.9. The minimum absolute atomic E-state index is 0.273. The number of carbonyl (C=O) groups excluding carboxylic acids is 1. The molecule has 0 saturated carbocycles. The number of rotatable bonds is 4. The van der Waals surface area contributed by atoms with Gasteiger partial charge in [0.25, 0.3) is 0 Å². The third-order valence-corrected chi connectivity index (χ3v) is 3.10. The van der Waals surface area contributed by atoms with Crippen LogP contribution in [0.15, 0.2) is 16.6 Å². The maximum atomic E-state index is 13.4. The van der Waals surface area contributed by atoms with E-state index in [1.165, 1.54) is 19.1 Å². The molecule has 1 rings (SSSR count). The SMILES string of the molecule is Cc1cc(Br)c(F)cc1NC(C)C(=O)NCC(F)(F)F. The first kappa shape index (κ1) is 16.7. The van der Waals surface area contributed by atoms with Crippen molar-refractivity contribution in [1.29, 1.82) is 0 Å². The van der Waals surface area contributed by atoms with E-state index in [2.05, 4.69) is 21.2 Å². The number of alkyl halides is 3. The van der Waals surface area contributed by atoms with Crippen LogP contribution in [-0.2, 0) is 4.79 Å². The van der Waals surface area contributed by atoms with Gasteiger partial charge in [0.1, 0.15) is 18.4 Å². The zero-order valence-electron chi connectivity index (χ0n) is 10.7. The van der Waals surface area contributed by atoms with Crippen LogP contribution < -0.4 is 10.6 Å². The van der Waals surface area contributed by atoms with Gasteiger partial charge in [-0.3, -0.25) is 4.79 Å². The summed E-state index contributed by atoms with van der Waals surface area (Å²) < 4.78 is 49.6. The van der Waals surface area contributed by atoms with Crippen molar-refractivity contribution in [3.8, 4) is 0 Å². The van der Waals surface area contributed by atoms with Crippen molar-refractivity contribution < 1.29 is 22.4 Å². The molecule has 0 radical (unpaired) electrons. The van der Waals surface area contributed by atoms with Crippen molar-refractivity contribution in [2.45, 2.75) is 26.1 Å². The maximum absolute atomic E-state index is 13.4. The molecule has 0 aliphatic heterocycles. The number of anilines is 1. The minimum Gasteiger partial charge on any atom is -0.374 e. The highest BCUT2D eigenvalue weighted by Gasteiger charge is 2.28. The zero-order valence-corrected chi connectivity index (χ0v) is 12.3. The van der Waals surface area contributed by atoms with Crippen LogP contribution in [0, 0.1) is 12.7 Å². The van der Waals surface area contributed by atoms with Gasteiger partial charge >= 0.3 is 6.18 Å². The fraction of sp³-hybridized carbons (Fsp3) is 0.417. The zero-order chi connectivity index (χ0) is 15.5. The summed E-state index contributed by atoms with van der Waals surface area (Å²) in [5.74, 6) is -1.34. The summed E-state index contributed by atoms with van der Waals surface area (Å²) in [5.41, 5.74) is 1.01. The summed E-state index contributed by atoms with van der Waals surface area (Å²) >= 11 is 3.01. The van der Waals surface area contributed by atoms with E-state index in [1.807, 2.05) is 0 Å². The average molecular weight is 357 g/mol. The predicted molar refractivity (Wildman–Crippen MR) is 71.0 cm³/mol. The number of halogens is 5. The second-order valence-corrected chi connectivity index (χ2v) is 5.13. The fourth-order valence-electron chi connectivity index (χ4n) is 1.44. The average Bonchev–Trinajstić information content (AvgIpc) is 2.31. The Balaban J connectivity index is 2.69. The lowest BCUT2D eigenvalue weighted by Crippen LogP contribution is -2.42. The van der Waals surface area contributed by atoms with Crippen molar-refractivity contribution in [3.05, 3.63) is 28.0 Å². The molecule has 2 N–H and O–H groups in total. The summed E-state index contributed by atoms with van der Waals surface area (Å²) in [6.07, 6.45) is -4.46. The topological polar surface area (TPSA) is 41.1 Å². The van der Waals surface area contributed by atoms with E-state index < -0.39 is 30.5 Å². The van der Waals surface area contributed by atoms with Crippen LogP contribution >= 0.6 is 15.9 Å². The number of hydrogen-bond acceptors (Lipinski definition) is 2. The first-order valence-electron chi connectivity index (χ1n) is 5.67. The molecule has 0 aliphatic rings. The molecule has 1 aromatic rings. The Morgan fingerprint density at radius 1 is 1.40 bits per heavy atom. The van der Waals surface area contributed by atoms with E-state index in [0.29, 0.717) is 11.3 Å². The van der Waals surface area contributed by atoms with Crippen molar-refractivity contribution in [3.63, 3.8) is 0 Å². The van der Waals surface area contributed by atoms with Crippen LogP contribution in [0.25, 0.3) is 0 Å². The molecule has 20 heavy (non-hydrogen) atoms. The van der Waals surface area contributed by atoms with Crippen LogP contribution in [0.3, 0.4) is 0 Å². The van der Waals surface area contributed by atoms with Crippen LogP contribution in [-0.4, -0.2) is 24.7 Å². The molecule has 3 nitrogen and oxygen atoms in total. The Labute approximate surface area is 121 Å². The minimum atomic E-state index is -4.46. The molecule has 112 valence electrons. The number of amides is 1. The van der Waals surface area contributed by atoms with E-state index in [4.69, 9.17) is 0 Å². The first-order valence-corrected chi connectivity index (χ1v) is 6.46. The second kappa shape index (κ2) is 6.43. The molecule has 0 aliphatic carbocycles. The summed E-state index contributed by atoms with van der Waals surface area (Å²) in [6.45, 7) is 1.68. The molecule has 0 spiro atoms. The number of aryl methyl sites for hydroxylation is 1.